The quantitative estimate of drug-likeness (QED) is 0.614. The summed E-state index contributed by atoms with van der Waals surface area (Å²) in [4.78, 5) is 21.9. The van der Waals surface area contributed by atoms with Crippen LogP contribution in [-0.2, 0) is 15.7 Å². The normalized spacial score (nSPS) is 11.6. The van der Waals surface area contributed by atoms with E-state index in [0.717, 1.165) is 12.1 Å². The van der Waals surface area contributed by atoms with Crippen LogP contribution in [0.3, 0.4) is 0 Å². The number of rotatable bonds is 5. The van der Waals surface area contributed by atoms with Gasteiger partial charge in [-0.25, -0.2) is 0 Å². The molecule has 3 nitrogen and oxygen atoms in total. The van der Waals surface area contributed by atoms with Crippen molar-refractivity contribution < 1.29 is 27.5 Å². The van der Waals surface area contributed by atoms with E-state index in [4.69, 9.17) is 4.74 Å². The molecule has 0 atom stereocenters. The number of alkyl halides is 3. The van der Waals surface area contributed by atoms with Crippen molar-refractivity contribution in [1.82, 2.24) is 0 Å². The van der Waals surface area contributed by atoms with Gasteiger partial charge in [-0.05, 0) is 24.6 Å². The highest BCUT2D eigenvalue weighted by Crippen LogP contribution is 2.30. The lowest BCUT2D eigenvalue weighted by Crippen LogP contribution is -2.06. The third kappa shape index (κ3) is 4.53. The summed E-state index contributed by atoms with van der Waals surface area (Å²) in [5.41, 5.74) is -0.653. The summed E-state index contributed by atoms with van der Waals surface area (Å²) in [6, 6.07) is 2.85. The molecule has 0 unspecified atom stereocenters. The van der Waals surface area contributed by atoms with Gasteiger partial charge in [0.1, 0.15) is 0 Å². The van der Waals surface area contributed by atoms with Gasteiger partial charge >= 0.3 is 12.1 Å². The highest BCUT2D eigenvalue weighted by atomic mass is 19.4. The van der Waals surface area contributed by atoms with E-state index in [1.54, 1.807) is 6.92 Å². The van der Waals surface area contributed by atoms with Gasteiger partial charge in [-0.15, -0.1) is 0 Å². The van der Waals surface area contributed by atoms with Gasteiger partial charge in [-0.3, -0.25) is 9.59 Å². The minimum absolute atomic E-state index is 0.00679. The predicted octanol–water partition coefficient (Wildman–Crippen LogP) is 3.48. The molecule has 0 aliphatic heterocycles. The van der Waals surface area contributed by atoms with Crippen LogP contribution in [0.4, 0.5) is 13.2 Å². The Morgan fingerprint density at radius 2 is 2.00 bits per heavy atom. The maximum Gasteiger partial charge on any atom is 0.416 e. The molecule has 1 aromatic rings. The SMILES string of the molecule is CCOC(=O)CC=Cc1ccc(C(F)(F)F)cc1C=O. The Balaban J connectivity index is 2.88. The van der Waals surface area contributed by atoms with Gasteiger partial charge in [-0.1, -0.05) is 18.2 Å². The summed E-state index contributed by atoms with van der Waals surface area (Å²) in [6.45, 7) is 1.93. The van der Waals surface area contributed by atoms with Crippen molar-refractivity contribution in [2.45, 2.75) is 19.5 Å². The first-order chi connectivity index (χ1) is 9.38. The second kappa shape index (κ2) is 6.88. The Bertz CT molecular complexity index is 519. The van der Waals surface area contributed by atoms with Crippen molar-refractivity contribution in [2.75, 3.05) is 6.61 Å². The molecule has 0 spiro atoms. The molecule has 108 valence electrons. The molecule has 1 aromatic carbocycles. The number of hydrogen-bond donors (Lipinski definition) is 0. The molecule has 0 aromatic heterocycles. The third-order valence-corrected chi connectivity index (χ3v) is 2.43. The van der Waals surface area contributed by atoms with E-state index in [0.29, 0.717) is 11.8 Å². The molecular weight excluding hydrogens is 273 g/mol. The summed E-state index contributed by atoms with van der Waals surface area (Å²) in [7, 11) is 0. The fourth-order valence-corrected chi connectivity index (χ4v) is 1.51. The van der Waals surface area contributed by atoms with E-state index in [-0.39, 0.29) is 18.6 Å². The lowest BCUT2D eigenvalue weighted by molar-refractivity contribution is -0.142. The van der Waals surface area contributed by atoms with Crippen LogP contribution in [0.2, 0.25) is 0 Å². The Hall–Kier alpha value is -2.11. The average molecular weight is 286 g/mol. The van der Waals surface area contributed by atoms with Gasteiger partial charge in [0.05, 0.1) is 18.6 Å². The van der Waals surface area contributed by atoms with E-state index in [1.807, 2.05) is 0 Å². The molecule has 0 heterocycles. The molecule has 0 N–H and O–H groups in total. The molecular formula is C14H13F3O3. The van der Waals surface area contributed by atoms with E-state index in [1.165, 1.54) is 18.2 Å². The number of carbonyl (C=O) groups excluding carboxylic acids is 2. The van der Waals surface area contributed by atoms with Crippen LogP contribution < -0.4 is 0 Å². The van der Waals surface area contributed by atoms with Crippen LogP contribution in [0.25, 0.3) is 6.08 Å². The van der Waals surface area contributed by atoms with Crippen molar-refractivity contribution in [3.8, 4) is 0 Å². The lowest BCUT2D eigenvalue weighted by Gasteiger charge is -2.08. The van der Waals surface area contributed by atoms with Crippen molar-refractivity contribution in [1.29, 1.82) is 0 Å². The molecule has 0 radical (unpaired) electrons. The van der Waals surface area contributed by atoms with Crippen LogP contribution in [0.15, 0.2) is 24.3 Å². The Labute approximate surface area is 114 Å². The van der Waals surface area contributed by atoms with Crippen LogP contribution in [-0.4, -0.2) is 18.9 Å². The van der Waals surface area contributed by atoms with E-state index >= 15 is 0 Å². The minimum atomic E-state index is -4.50. The van der Waals surface area contributed by atoms with E-state index in [9.17, 15) is 22.8 Å². The van der Waals surface area contributed by atoms with Gasteiger partial charge in [0.2, 0.25) is 0 Å². The van der Waals surface area contributed by atoms with Crippen LogP contribution in [0, 0.1) is 0 Å². The summed E-state index contributed by atoms with van der Waals surface area (Å²) >= 11 is 0. The fraction of sp³-hybridized carbons (Fsp3) is 0.286. The van der Waals surface area contributed by atoms with Crippen molar-refractivity contribution in [3.63, 3.8) is 0 Å². The van der Waals surface area contributed by atoms with Gasteiger partial charge in [-0.2, -0.15) is 13.2 Å². The highest BCUT2D eigenvalue weighted by molar-refractivity contribution is 5.83. The molecule has 0 amide bonds. The van der Waals surface area contributed by atoms with E-state index < -0.39 is 17.7 Å². The third-order valence-electron chi connectivity index (χ3n) is 2.43. The molecule has 1 rings (SSSR count). The molecule has 0 saturated carbocycles. The summed E-state index contributed by atoms with van der Waals surface area (Å²) in [6.07, 6.45) is -1.30. The van der Waals surface area contributed by atoms with Gasteiger partial charge in [0.15, 0.2) is 6.29 Å². The second-order valence-electron chi connectivity index (χ2n) is 3.87. The molecule has 0 aliphatic rings. The first-order valence-corrected chi connectivity index (χ1v) is 5.87. The largest absolute Gasteiger partial charge is 0.466 e. The van der Waals surface area contributed by atoms with Crippen molar-refractivity contribution >= 4 is 18.3 Å². The lowest BCUT2D eigenvalue weighted by atomic mass is 10.0. The number of hydrogen-bond acceptors (Lipinski definition) is 3. The minimum Gasteiger partial charge on any atom is -0.466 e. The molecule has 20 heavy (non-hydrogen) atoms. The first kappa shape index (κ1) is 15.9. The number of halogens is 3. The molecule has 0 fully saturated rings. The number of ether oxygens (including phenoxy) is 1. The highest BCUT2D eigenvalue weighted by Gasteiger charge is 2.30. The van der Waals surface area contributed by atoms with Crippen LogP contribution >= 0.6 is 0 Å². The smallest absolute Gasteiger partial charge is 0.416 e. The van der Waals surface area contributed by atoms with E-state index in [2.05, 4.69) is 0 Å². The Morgan fingerprint density at radius 1 is 1.30 bits per heavy atom. The molecule has 6 heteroatoms. The number of aldehydes is 1. The zero-order valence-corrected chi connectivity index (χ0v) is 10.7. The fourth-order valence-electron chi connectivity index (χ4n) is 1.51. The van der Waals surface area contributed by atoms with Crippen molar-refractivity contribution in [3.05, 3.63) is 41.0 Å². The van der Waals surface area contributed by atoms with Crippen molar-refractivity contribution in [2.24, 2.45) is 0 Å². The number of esters is 1. The number of benzene rings is 1. The Kier molecular flexibility index (Phi) is 5.49. The molecule has 0 aliphatic carbocycles. The summed E-state index contributed by atoms with van der Waals surface area (Å²) in [5, 5.41) is 0. The maximum atomic E-state index is 12.5. The second-order valence-corrected chi connectivity index (χ2v) is 3.87. The molecule has 0 bridgehead atoms. The molecule has 0 saturated heterocycles. The first-order valence-electron chi connectivity index (χ1n) is 5.87. The maximum absolute atomic E-state index is 12.5. The number of carbonyl (C=O) groups is 2. The summed E-state index contributed by atoms with van der Waals surface area (Å²) < 4.78 is 42.1. The summed E-state index contributed by atoms with van der Waals surface area (Å²) in [5.74, 6) is -0.441. The average Bonchev–Trinajstić information content (AvgIpc) is 2.38. The standard InChI is InChI=1S/C14H13F3O3/c1-2-20-13(19)5-3-4-10-6-7-12(14(15,16)17)8-11(10)9-18/h3-4,6-9H,2,5H2,1H3. The van der Waals surface area contributed by atoms with Gasteiger partial charge < -0.3 is 4.74 Å². The predicted molar refractivity (Wildman–Crippen MR) is 67.1 cm³/mol. The Morgan fingerprint density at radius 3 is 2.55 bits per heavy atom. The monoisotopic (exact) mass is 286 g/mol. The van der Waals surface area contributed by atoms with Gasteiger partial charge in [0, 0.05) is 5.56 Å². The topological polar surface area (TPSA) is 43.4 Å². The van der Waals surface area contributed by atoms with Crippen LogP contribution in [0.1, 0.15) is 34.8 Å². The van der Waals surface area contributed by atoms with Gasteiger partial charge in [0.25, 0.3) is 0 Å². The zero-order chi connectivity index (χ0) is 15.2. The zero-order valence-electron chi connectivity index (χ0n) is 10.7. The van der Waals surface area contributed by atoms with Crippen LogP contribution in [0.5, 0.6) is 0 Å².